The first-order valence-electron chi connectivity index (χ1n) is 8.98. The van der Waals surface area contributed by atoms with Crippen molar-refractivity contribution < 1.29 is 9.59 Å². The van der Waals surface area contributed by atoms with Crippen LogP contribution in [0.15, 0.2) is 24.5 Å². The van der Waals surface area contributed by atoms with E-state index >= 15 is 0 Å². The molecule has 6 nitrogen and oxygen atoms in total. The molecule has 2 N–H and O–H groups in total. The van der Waals surface area contributed by atoms with Crippen LogP contribution in [0.1, 0.15) is 50.1 Å². The molecule has 3 rings (SSSR count). The quantitative estimate of drug-likeness (QED) is 0.813. The molecule has 3 amide bonds. The number of carbonyl (C=O) groups excluding carboxylic acids is 2. The van der Waals surface area contributed by atoms with Crippen LogP contribution in [0.4, 0.5) is 4.79 Å². The van der Waals surface area contributed by atoms with Crippen molar-refractivity contribution in [1.82, 2.24) is 20.5 Å². The summed E-state index contributed by atoms with van der Waals surface area (Å²) >= 11 is 0. The first-order valence-corrected chi connectivity index (χ1v) is 8.98. The summed E-state index contributed by atoms with van der Waals surface area (Å²) < 4.78 is 0. The van der Waals surface area contributed by atoms with Crippen LogP contribution in [0.5, 0.6) is 0 Å². The zero-order chi connectivity index (χ0) is 16.8. The average molecular weight is 330 g/mol. The van der Waals surface area contributed by atoms with Gasteiger partial charge in [0.05, 0.1) is 6.04 Å². The molecule has 0 aromatic carbocycles. The summed E-state index contributed by atoms with van der Waals surface area (Å²) in [5, 5.41) is 5.83. The fourth-order valence-corrected chi connectivity index (χ4v) is 3.23. The summed E-state index contributed by atoms with van der Waals surface area (Å²) in [5.41, 5.74) is 1.14. The number of likely N-dealkylation sites (tertiary alicyclic amines) is 1. The van der Waals surface area contributed by atoms with Gasteiger partial charge in [0, 0.05) is 37.9 Å². The summed E-state index contributed by atoms with van der Waals surface area (Å²) in [7, 11) is 0. The highest BCUT2D eigenvalue weighted by Gasteiger charge is 2.29. The van der Waals surface area contributed by atoms with Gasteiger partial charge in [-0.15, -0.1) is 0 Å². The maximum Gasteiger partial charge on any atom is 0.317 e. The van der Waals surface area contributed by atoms with Crippen LogP contribution >= 0.6 is 0 Å². The largest absolute Gasteiger partial charge is 0.354 e. The van der Waals surface area contributed by atoms with Crippen LogP contribution in [0, 0.1) is 5.92 Å². The van der Waals surface area contributed by atoms with Gasteiger partial charge in [-0.05, 0) is 43.4 Å². The highest BCUT2D eigenvalue weighted by atomic mass is 16.2. The van der Waals surface area contributed by atoms with Gasteiger partial charge in [-0.1, -0.05) is 12.8 Å². The lowest BCUT2D eigenvalue weighted by Crippen LogP contribution is -2.44. The third-order valence-electron chi connectivity index (χ3n) is 4.75. The highest BCUT2D eigenvalue weighted by molar-refractivity contribution is 5.81. The van der Waals surface area contributed by atoms with Crippen LogP contribution in [-0.2, 0) is 4.79 Å². The summed E-state index contributed by atoms with van der Waals surface area (Å²) in [6.45, 7) is 1.74. The van der Waals surface area contributed by atoms with Crippen molar-refractivity contribution >= 4 is 11.9 Å². The first-order chi connectivity index (χ1) is 11.8. The standard InChI is InChI=1S/C18H26N4O2/c23-17(15-5-6-15)20-11-12-21-18(24)22-13-3-1-2-4-16(22)14-7-9-19-10-8-14/h7-10,15-16H,1-6,11-13H2,(H,20,23)(H,21,24). The van der Waals surface area contributed by atoms with Crippen LogP contribution in [0.3, 0.4) is 0 Å². The van der Waals surface area contributed by atoms with Crippen LogP contribution in [0.2, 0.25) is 0 Å². The number of amides is 3. The van der Waals surface area contributed by atoms with Crippen molar-refractivity contribution in [2.75, 3.05) is 19.6 Å². The van der Waals surface area contributed by atoms with Gasteiger partial charge < -0.3 is 15.5 Å². The minimum Gasteiger partial charge on any atom is -0.354 e. The van der Waals surface area contributed by atoms with E-state index in [1.807, 2.05) is 17.0 Å². The molecule has 1 aliphatic heterocycles. The Morgan fingerprint density at radius 2 is 1.79 bits per heavy atom. The topological polar surface area (TPSA) is 74.3 Å². The number of aromatic nitrogens is 1. The minimum atomic E-state index is -0.0422. The molecule has 1 aliphatic carbocycles. The monoisotopic (exact) mass is 330 g/mol. The number of hydrogen-bond donors (Lipinski definition) is 2. The van der Waals surface area contributed by atoms with Crippen molar-refractivity contribution in [3.63, 3.8) is 0 Å². The molecule has 24 heavy (non-hydrogen) atoms. The van der Waals surface area contributed by atoms with E-state index in [9.17, 15) is 9.59 Å². The Kier molecular flexibility index (Phi) is 5.67. The number of hydrogen-bond acceptors (Lipinski definition) is 3. The number of nitrogens with one attached hydrogen (secondary N) is 2. The molecule has 1 saturated heterocycles. The Morgan fingerprint density at radius 3 is 2.54 bits per heavy atom. The van der Waals surface area contributed by atoms with Gasteiger partial charge in [-0.25, -0.2) is 4.79 Å². The molecule has 2 heterocycles. The van der Waals surface area contributed by atoms with Crippen molar-refractivity contribution in [1.29, 1.82) is 0 Å². The van der Waals surface area contributed by atoms with E-state index < -0.39 is 0 Å². The van der Waals surface area contributed by atoms with Crippen molar-refractivity contribution in [3.05, 3.63) is 30.1 Å². The second kappa shape index (κ2) is 8.13. The maximum atomic E-state index is 12.6. The number of urea groups is 1. The lowest BCUT2D eigenvalue weighted by Gasteiger charge is -2.30. The Balaban J connectivity index is 1.52. The van der Waals surface area contributed by atoms with E-state index in [0.29, 0.717) is 13.1 Å². The van der Waals surface area contributed by atoms with Crippen LogP contribution in [0.25, 0.3) is 0 Å². The van der Waals surface area contributed by atoms with Gasteiger partial charge in [0.15, 0.2) is 0 Å². The predicted octanol–water partition coefficient (Wildman–Crippen LogP) is 2.23. The van der Waals surface area contributed by atoms with E-state index in [0.717, 1.165) is 50.6 Å². The fraction of sp³-hybridized carbons (Fsp3) is 0.611. The number of rotatable bonds is 5. The zero-order valence-electron chi connectivity index (χ0n) is 14.0. The van der Waals surface area contributed by atoms with E-state index in [1.54, 1.807) is 12.4 Å². The van der Waals surface area contributed by atoms with Crippen molar-refractivity contribution in [2.45, 2.75) is 44.6 Å². The molecule has 0 spiro atoms. The Hall–Kier alpha value is -2.11. The normalized spacial score (nSPS) is 21.0. The second-order valence-electron chi connectivity index (χ2n) is 6.64. The molecule has 1 aromatic rings. The molecule has 0 bridgehead atoms. The van der Waals surface area contributed by atoms with Gasteiger partial charge in [0.2, 0.25) is 5.91 Å². The van der Waals surface area contributed by atoms with E-state index in [-0.39, 0.29) is 23.9 Å². The maximum absolute atomic E-state index is 12.6. The third-order valence-corrected chi connectivity index (χ3v) is 4.75. The lowest BCUT2D eigenvalue weighted by atomic mass is 10.0. The molecular weight excluding hydrogens is 304 g/mol. The number of carbonyl (C=O) groups is 2. The third kappa shape index (κ3) is 4.46. The molecule has 1 saturated carbocycles. The fourth-order valence-electron chi connectivity index (χ4n) is 3.23. The molecule has 130 valence electrons. The van der Waals surface area contributed by atoms with E-state index in [4.69, 9.17) is 0 Å². The predicted molar refractivity (Wildman–Crippen MR) is 91.3 cm³/mol. The Labute approximate surface area is 143 Å². The van der Waals surface area contributed by atoms with E-state index in [1.165, 1.54) is 0 Å². The first kappa shape index (κ1) is 16.7. The second-order valence-corrected chi connectivity index (χ2v) is 6.64. The highest BCUT2D eigenvalue weighted by Crippen LogP contribution is 2.30. The molecule has 1 aromatic heterocycles. The number of pyridine rings is 1. The van der Waals surface area contributed by atoms with Gasteiger partial charge in [0.25, 0.3) is 0 Å². The van der Waals surface area contributed by atoms with Gasteiger partial charge in [0.1, 0.15) is 0 Å². The molecule has 2 aliphatic rings. The Morgan fingerprint density at radius 1 is 1.04 bits per heavy atom. The Bertz CT molecular complexity index is 559. The SMILES string of the molecule is O=C(NCCNC(=O)N1CCCCCC1c1ccncc1)C1CC1. The summed E-state index contributed by atoms with van der Waals surface area (Å²) in [4.78, 5) is 30.2. The van der Waals surface area contributed by atoms with Crippen LogP contribution in [-0.4, -0.2) is 41.5 Å². The van der Waals surface area contributed by atoms with Gasteiger partial charge >= 0.3 is 6.03 Å². The molecule has 1 atom stereocenters. The van der Waals surface area contributed by atoms with Gasteiger partial charge in [-0.3, -0.25) is 9.78 Å². The lowest BCUT2D eigenvalue weighted by molar-refractivity contribution is -0.122. The van der Waals surface area contributed by atoms with Crippen LogP contribution < -0.4 is 10.6 Å². The molecule has 6 heteroatoms. The minimum absolute atomic E-state index is 0.0422. The smallest absolute Gasteiger partial charge is 0.317 e. The summed E-state index contributed by atoms with van der Waals surface area (Å²) in [6.07, 6.45) is 9.87. The molecular formula is C18H26N4O2. The molecule has 0 radical (unpaired) electrons. The van der Waals surface area contributed by atoms with E-state index in [2.05, 4.69) is 15.6 Å². The summed E-state index contributed by atoms with van der Waals surface area (Å²) in [6, 6.07) is 4.05. The van der Waals surface area contributed by atoms with Crippen molar-refractivity contribution in [2.24, 2.45) is 5.92 Å². The molecule has 2 fully saturated rings. The zero-order valence-corrected chi connectivity index (χ0v) is 14.0. The number of nitrogens with zero attached hydrogens (tertiary/aromatic N) is 2. The molecule has 1 unspecified atom stereocenters. The van der Waals surface area contributed by atoms with Gasteiger partial charge in [-0.2, -0.15) is 0 Å². The van der Waals surface area contributed by atoms with Crippen molar-refractivity contribution in [3.8, 4) is 0 Å². The average Bonchev–Trinajstić information content (AvgIpc) is 3.45. The summed E-state index contributed by atoms with van der Waals surface area (Å²) in [5.74, 6) is 0.330.